The zero-order valence-corrected chi connectivity index (χ0v) is 11.6. The molecule has 1 fully saturated rings. The van der Waals surface area contributed by atoms with E-state index in [2.05, 4.69) is 18.7 Å². The minimum absolute atomic E-state index is 0.155. The van der Waals surface area contributed by atoms with Crippen LogP contribution in [0.4, 0.5) is 0 Å². The fourth-order valence-corrected chi connectivity index (χ4v) is 3.10. The van der Waals surface area contributed by atoms with E-state index >= 15 is 0 Å². The van der Waals surface area contributed by atoms with E-state index in [-0.39, 0.29) is 5.75 Å². The Bertz CT molecular complexity index is 422. The van der Waals surface area contributed by atoms with Gasteiger partial charge in [-0.15, -0.1) is 0 Å². The van der Waals surface area contributed by atoms with Crippen molar-refractivity contribution < 1.29 is 5.11 Å². The minimum Gasteiger partial charge on any atom is -0.506 e. The van der Waals surface area contributed by atoms with Crippen LogP contribution < -0.4 is 0 Å². The van der Waals surface area contributed by atoms with Crippen molar-refractivity contribution in [3.8, 4) is 5.75 Å². The molecule has 2 rings (SSSR count). The molecule has 1 saturated heterocycles. The maximum absolute atomic E-state index is 9.92. The molecule has 1 aliphatic heterocycles. The Morgan fingerprint density at radius 3 is 2.65 bits per heavy atom. The van der Waals surface area contributed by atoms with Gasteiger partial charge in [-0.25, -0.2) is 0 Å². The van der Waals surface area contributed by atoms with Gasteiger partial charge < -0.3 is 5.11 Å². The van der Waals surface area contributed by atoms with Gasteiger partial charge in [0.15, 0.2) is 0 Å². The number of hydrogen-bond acceptors (Lipinski definition) is 2. The molecule has 4 heteroatoms. The van der Waals surface area contributed by atoms with Crippen molar-refractivity contribution in [3.05, 3.63) is 27.7 Å². The van der Waals surface area contributed by atoms with Crippen LogP contribution in [0.25, 0.3) is 0 Å². The third-order valence-corrected chi connectivity index (χ3v) is 3.90. The van der Waals surface area contributed by atoms with Gasteiger partial charge in [-0.05, 0) is 31.4 Å². The molecule has 0 radical (unpaired) electrons. The van der Waals surface area contributed by atoms with Gasteiger partial charge in [0, 0.05) is 29.7 Å². The molecule has 2 unspecified atom stereocenters. The number of phenolic OH excluding ortho intramolecular Hbond substituents is 1. The zero-order chi connectivity index (χ0) is 12.6. The van der Waals surface area contributed by atoms with Gasteiger partial charge in [0.05, 0.1) is 5.02 Å². The summed E-state index contributed by atoms with van der Waals surface area (Å²) >= 11 is 11.9. The highest BCUT2D eigenvalue weighted by Gasteiger charge is 2.26. The van der Waals surface area contributed by atoms with Crippen LogP contribution in [0.1, 0.15) is 25.8 Å². The van der Waals surface area contributed by atoms with E-state index < -0.39 is 0 Å². The second kappa shape index (κ2) is 5.05. The van der Waals surface area contributed by atoms with Crippen molar-refractivity contribution in [2.75, 3.05) is 6.54 Å². The van der Waals surface area contributed by atoms with E-state index in [0.717, 1.165) is 12.1 Å². The molecular formula is C13H17Cl2NO. The fourth-order valence-electron chi connectivity index (χ4n) is 2.57. The van der Waals surface area contributed by atoms with Gasteiger partial charge in [0.1, 0.15) is 5.75 Å². The second-order valence-electron chi connectivity index (χ2n) is 5.01. The first kappa shape index (κ1) is 13.0. The van der Waals surface area contributed by atoms with Crippen LogP contribution in [-0.4, -0.2) is 22.6 Å². The summed E-state index contributed by atoms with van der Waals surface area (Å²) in [4.78, 5) is 2.35. The molecule has 1 aromatic carbocycles. The number of phenols is 1. The molecule has 1 N–H and O–H groups in total. The SMILES string of the molecule is CC1CC(C)N(Cc2cc(Cl)cc(Cl)c2O)C1. The van der Waals surface area contributed by atoms with E-state index in [9.17, 15) is 5.11 Å². The zero-order valence-electron chi connectivity index (χ0n) is 10.1. The number of benzene rings is 1. The van der Waals surface area contributed by atoms with Crippen LogP contribution in [0.5, 0.6) is 5.75 Å². The Labute approximate surface area is 112 Å². The lowest BCUT2D eigenvalue weighted by molar-refractivity contribution is 0.253. The predicted octanol–water partition coefficient (Wildman–Crippen LogP) is 3.93. The highest BCUT2D eigenvalue weighted by atomic mass is 35.5. The highest BCUT2D eigenvalue weighted by molar-refractivity contribution is 6.35. The molecule has 2 nitrogen and oxygen atoms in total. The number of nitrogens with zero attached hydrogens (tertiary/aromatic N) is 1. The summed E-state index contributed by atoms with van der Waals surface area (Å²) in [6.07, 6.45) is 1.20. The standard InChI is InChI=1S/C13H17Cl2NO/c1-8-3-9(2)16(6-8)7-10-4-11(14)5-12(15)13(10)17/h4-5,8-9,17H,3,6-7H2,1-2H3. The first-order valence-electron chi connectivity index (χ1n) is 5.88. The first-order chi connectivity index (χ1) is 7.97. The van der Waals surface area contributed by atoms with Crippen LogP contribution >= 0.6 is 23.2 Å². The summed E-state index contributed by atoms with van der Waals surface area (Å²) in [5.41, 5.74) is 0.809. The Kier molecular flexibility index (Phi) is 3.86. The molecule has 0 aromatic heterocycles. The van der Waals surface area contributed by atoms with Crippen molar-refractivity contribution >= 4 is 23.2 Å². The Hall–Kier alpha value is -0.440. The van der Waals surface area contributed by atoms with Crippen molar-refractivity contribution in [3.63, 3.8) is 0 Å². The highest BCUT2D eigenvalue weighted by Crippen LogP contribution is 2.33. The van der Waals surface area contributed by atoms with Crippen molar-refractivity contribution in [1.82, 2.24) is 4.90 Å². The van der Waals surface area contributed by atoms with Crippen molar-refractivity contribution in [2.45, 2.75) is 32.9 Å². The molecule has 0 bridgehead atoms. The summed E-state index contributed by atoms with van der Waals surface area (Å²) in [6, 6.07) is 3.90. The normalized spacial score (nSPS) is 25.4. The lowest BCUT2D eigenvalue weighted by atomic mass is 10.1. The summed E-state index contributed by atoms with van der Waals surface area (Å²) in [5.74, 6) is 0.865. The number of aromatic hydroxyl groups is 1. The Morgan fingerprint density at radius 1 is 1.35 bits per heavy atom. The minimum atomic E-state index is 0.155. The number of rotatable bonds is 2. The van der Waals surface area contributed by atoms with Gasteiger partial charge in [-0.3, -0.25) is 4.90 Å². The smallest absolute Gasteiger partial charge is 0.138 e. The largest absolute Gasteiger partial charge is 0.506 e. The maximum Gasteiger partial charge on any atom is 0.138 e. The number of likely N-dealkylation sites (tertiary alicyclic amines) is 1. The monoisotopic (exact) mass is 273 g/mol. The average molecular weight is 274 g/mol. The molecule has 0 spiro atoms. The molecule has 1 aromatic rings. The Morgan fingerprint density at radius 2 is 2.06 bits per heavy atom. The molecule has 94 valence electrons. The van der Waals surface area contributed by atoms with Gasteiger partial charge >= 0.3 is 0 Å². The molecular weight excluding hydrogens is 257 g/mol. The van der Waals surface area contributed by atoms with Gasteiger partial charge in [0.2, 0.25) is 0 Å². The average Bonchev–Trinajstić information content (AvgIpc) is 2.53. The topological polar surface area (TPSA) is 23.5 Å². The first-order valence-corrected chi connectivity index (χ1v) is 6.64. The lowest BCUT2D eigenvalue weighted by Gasteiger charge is -2.21. The molecule has 1 heterocycles. The fraction of sp³-hybridized carbons (Fsp3) is 0.538. The quantitative estimate of drug-likeness (QED) is 0.883. The van der Waals surface area contributed by atoms with Crippen molar-refractivity contribution in [2.24, 2.45) is 5.92 Å². The van der Waals surface area contributed by atoms with Crippen LogP contribution in [0.2, 0.25) is 10.0 Å². The van der Waals surface area contributed by atoms with Gasteiger partial charge in [-0.2, -0.15) is 0 Å². The molecule has 0 saturated carbocycles. The Balaban J connectivity index is 2.19. The van der Waals surface area contributed by atoms with E-state index in [1.807, 2.05) is 0 Å². The number of halogens is 2. The third-order valence-electron chi connectivity index (χ3n) is 3.39. The van der Waals surface area contributed by atoms with E-state index in [1.54, 1.807) is 12.1 Å². The number of hydrogen-bond donors (Lipinski definition) is 1. The third kappa shape index (κ3) is 2.87. The molecule has 2 atom stereocenters. The summed E-state index contributed by atoms with van der Waals surface area (Å²) in [6.45, 7) is 6.23. The predicted molar refractivity (Wildman–Crippen MR) is 71.8 cm³/mol. The van der Waals surface area contributed by atoms with Crippen LogP contribution in [-0.2, 0) is 6.54 Å². The summed E-state index contributed by atoms with van der Waals surface area (Å²) < 4.78 is 0. The van der Waals surface area contributed by atoms with Crippen molar-refractivity contribution in [1.29, 1.82) is 0 Å². The maximum atomic E-state index is 9.92. The van der Waals surface area contributed by atoms with Crippen LogP contribution in [0.15, 0.2) is 12.1 Å². The van der Waals surface area contributed by atoms with Crippen LogP contribution in [0.3, 0.4) is 0 Å². The molecule has 0 aliphatic carbocycles. The van der Waals surface area contributed by atoms with Gasteiger partial charge in [0.25, 0.3) is 0 Å². The summed E-state index contributed by atoms with van der Waals surface area (Å²) in [7, 11) is 0. The van der Waals surface area contributed by atoms with E-state index in [1.165, 1.54) is 6.42 Å². The summed E-state index contributed by atoms with van der Waals surface area (Å²) in [5, 5.41) is 10.8. The lowest BCUT2D eigenvalue weighted by Crippen LogP contribution is -2.26. The second-order valence-corrected chi connectivity index (χ2v) is 5.86. The molecule has 0 amide bonds. The van der Waals surface area contributed by atoms with E-state index in [0.29, 0.717) is 28.5 Å². The molecule has 17 heavy (non-hydrogen) atoms. The van der Waals surface area contributed by atoms with Gasteiger partial charge in [-0.1, -0.05) is 30.1 Å². The molecule has 1 aliphatic rings. The van der Waals surface area contributed by atoms with E-state index in [4.69, 9.17) is 23.2 Å². The van der Waals surface area contributed by atoms with Crippen LogP contribution in [0, 0.1) is 5.92 Å².